The van der Waals surface area contributed by atoms with E-state index in [1.54, 1.807) is 0 Å². The highest BCUT2D eigenvalue weighted by Crippen LogP contribution is 2.25. The Balaban J connectivity index is 2.05. The molecule has 2 heterocycles. The van der Waals surface area contributed by atoms with Crippen molar-refractivity contribution in [2.45, 2.75) is 19.1 Å². The Morgan fingerprint density at radius 3 is 2.89 bits per heavy atom. The third-order valence-electron chi connectivity index (χ3n) is 2.95. The fraction of sp³-hybridized carbons (Fsp3) is 0.583. The van der Waals surface area contributed by atoms with Crippen LogP contribution in [0.3, 0.4) is 0 Å². The highest BCUT2D eigenvalue weighted by Gasteiger charge is 2.16. The molecule has 6 heteroatoms. The predicted octanol–water partition coefficient (Wildman–Crippen LogP) is 2.23. The first kappa shape index (κ1) is 13.5. The van der Waals surface area contributed by atoms with Crippen LogP contribution in [0, 0.1) is 25.2 Å². The number of aryl methyl sites for hydroxylation is 1. The molecule has 96 valence electrons. The van der Waals surface area contributed by atoms with E-state index in [9.17, 15) is 5.26 Å². The summed E-state index contributed by atoms with van der Waals surface area (Å²) in [6, 6.07) is 2.22. The molecule has 0 bridgehead atoms. The fourth-order valence-corrected chi connectivity index (χ4v) is 4.35. The largest absolute Gasteiger partial charge is 0.366 e. The van der Waals surface area contributed by atoms with Crippen molar-refractivity contribution in [3.8, 4) is 6.07 Å². The molecular formula is C12H16N4S2. The van der Waals surface area contributed by atoms with E-state index in [0.717, 1.165) is 23.6 Å². The molecule has 1 atom stereocenters. The lowest BCUT2D eigenvalue weighted by atomic mass is 10.1. The van der Waals surface area contributed by atoms with Crippen LogP contribution in [0.2, 0.25) is 0 Å². The third-order valence-corrected chi connectivity index (χ3v) is 5.79. The average Bonchev–Trinajstić information content (AvgIpc) is 2.41. The zero-order chi connectivity index (χ0) is 13.0. The molecule has 1 N–H and O–H groups in total. The molecule has 1 aliphatic rings. The summed E-state index contributed by atoms with van der Waals surface area (Å²) >= 11 is 3.98. The lowest BCUT2D eigenvalue weighted by Gasteiger charge is -2.21. The second-order valence-corrected chi connectivity index (χ2v) is 6.75. The molecule has 0 spiro atoms. The van der Waals surface area contributed by atoms with E-state index in [2.05, 4.69) is 21.6 Å². The number of aromatic nitrogens is 2. The highest BCUT2D eigenvalue weighted by atomic mass is 32.2. The number of thioether (sulfide) groups is 2. The molecule has 1 aromatic rings. The summed E-state index contributed by atoms with van der Waals surface area (Å²) < 4.78 is 0. The Bertz CT molecular complexity index is 464. The maximum atomic E-state index is 9.19. The second-order valence-electron chi connectivity index (χ2n) is 4.19. The van der Waals surface area contributed by atoms with Gasteiger partial charge in [-0.3, -0.25) is 0 Å². The van der Waals surface area contributed by atoms with E-state index in [0.29, 0.717) is 16.6 Å². The van der Waals surface area contributed by atoms with Gasteiger partial charge < -0.3 is 5.32 Å². The molecule has 0 radical (unpaired) electrons. The zero-order valence-corrected chi connectivity index (χ0v) is 12.2. The lowest BCUT2D eigenvalue weighted by molar-refractivity contribution is 0.924. The minimum Gasteiger partial charge on any atom is -0.366 e. The van der Waals surface area contributed by atoms with Crippen molar-refractivity contribution in [2.75, 3.05) is 29.1 Å². The Hall–Kier alpha value is -0.930. The van der Waals surface area contributed by atoms with Gasteiger partial charge in [0.25, 0.3) is 0 Å². The quantitative estimate of drug-likeness (QED) is 0.916. The van der Waals surface area contributed by atoms with Gasteiger partial charge in [0.15, 0.2) is 5.82 Å². The smallest absolute Gasteiger partial charge is 0.166 e. The molecule has 1 aromatic heterocycles. The van der Waals surface area contributed by atoms with Crippen LogP contribution in [-0.4, -0.2) is 39.3 Å². The molecule has 1 saturated heterocycles. The topological polar surface area (TPSA) is 61.6 Å². The lowest BCUT2D eigenvalue weighted by Crippen LogP contribution is -2.24. The van der Waals surface area contributed by atoms with Crippen molar-refractivity contribution in [2.24, 2.45) is 0 Å². The maximum Gasteiger partial charge on any atom is 0.166 e. The first-order chi connectivity index (χ1) is 8.72. The molecule has 0 saturated carbocycles. The van der Waals surface area contributed by atoms with Crippen LogP contribution in [0.1, 0.15) is 16.8 Å². The summed E-state index contributed by atoms with van der Waals surface area (Å²) in [5.74, 6) is 4.24. The maximum absolute atomic E-state index is 9.19. The SMILES string of the molecule is Cc1nnc(NCC2CSCCS2)c(C#N)c1C. The van der Waals surface area contributed by atoms with Gasteiger partial charge in [-0.1, -0.05) is 0 Å². The Morgan fingerprint density at radius 1 is 1.39 bits per heavy atom. The van der Waals surface area contributed by atoms with Crippen LogP contribution in [0.15, 0.2) is 0 Å². The normalized spacial score (nSPS) is 19.3. The van der Waals surface area contributed by atoms with Crippen molar-refractivity contribution in [1.82, 2.24) is 10.2 Å². The predicted molar refractivity (Wildman–Crippen MR) is 78.3 cm³/mol. The van der Waals surface area contributed by atoms with Gasteiger partial charge in [0.1, 0.15) is 11.6 Å². The van der Waals surface area contributed by atoms with Crippen molar-refractivity contribution in [3.05, 3.63) is 16.8 Å². The second kappa shape index (κ2) is 6.30. The molecule has 0 amide bonds. The van der Waals surface area contributed by atoms with Gasteiger partial charge >= 0.3 is 0 Å². The Labute approximate surface area is 116 Å². The van der Waals surface area contributed by atoms with Gasteiger partial charge in [-0.2, -0.15) is 33.9 Å². The van der Waals surface area contributed by atoms with E-state index in [4.69, 9.17) is 0 Å². The molecule has 2 rings (SSSR count). The summed E-state index contributed by atoms with van der Waals surface area (Å²) in [5, 5.41) is 21.2. The zero-order valence-electron chi connectivity index (χ0n) is 10.6. The van der Waals surface area contributed by atoms with Crippen molar-refractivity contribution < 1.29 is 0 Å². The molecular weight excluding hydrogens is 264 g/mol. The van der Waals surface area contributed by atoms with Crippen LogP contribution in [0.5, 0.6) is 0 Å². The van der Waals surface area contributed by atoms with Gasteiger partial charge in [-0.25, -0.2) is 0 Å². The standard InChI is InChI=1S/C12H16N4S2/c1-8-9(2)15-16-12(11(8)5-13)14-6-10-7-17-3-4-18-10/h10H,3-4,6-7H2,1-2H3,(H,14,16). The number of hydrogen-bond acceptors (Lipinski definition) is 6. The first-order valence-corrected chi connectivity index (χ1v) is 8.10. The average molecular weight is 280 g/mol. The summed E-state index contributed by atoms with van der Waals surface area (Å²) in [7, 11) is 0. The summed E-state index contributed by atoms with van der Waals surface area (Å²) in [5.41, 5.74) is 2.36. The molecule has 4 nitrogen and oxygen atoms in total. The van der Waals surface area contributed by atoms with Gasteiger partial charge in [-0.05, 0) is 19.4 Å². The molecule has 1 fully saturated rings. The van der Waals surface area contributed by atoms with Crippen LogP contribution >= 0.6 is 23.5 Å². The summed E-state index contributed by atoms with van der Waals surface area (Å²) in [6.07, 6.45) is 0. The molecule has 18 heavy (non-hydrogen) atoms. The Kier molecular flexibility index (Phi) is 4.72. The van der Waals surface area contributed by atoms with Crippen LogP contribution in [0.25, 0.3) is 0 Å². The first-order valence-electron chi connectivity index (χ1n) is 5.89. The monoisotopic (exact) mass is 280 g/mol. The van der Waals surface area contributed by atoms with Crippen molar-refractivity contribution in [1.29, 1.82) is 5.26 Å². The summed E-state index contributed by atoms with van der Waals surface area (Å²) in [4.78, 5) is 0. The number of anilines is 1. The van der Waals surface area contributed by atoms with Gasteiger partial charge in [0.05, 0.1) is 5.69 Å². The Morgan fingerprint density at radius 2 is 2.22 bits per heavy atom. The van der Waals surface area contributed by atoms with Crippen LogP contribution in [-0.2, 0) is 0 Å². The van der Waals surface area contributed by atoms with E-state index >= 15 is 0 Å². The van der Waals surface area contributed by atoms with E-state index < -0.39 is 0 Å². The van der Waals surface area contributed by atoms with Gasteiger partial charge in [-0.15, -0.1) is 5.10 Å². The minimum absolute atomic E-state index is 0.596. The fourth-order valence-electron chi connectivity index (χ4n) is 1.73. The van der Waals surface area contributed by atoms with Crippen molar-refractivity contribution in [3.63, 3.8) is 0 Å². The molecule has 1 unspecified atom stereocenters. The van der Waals surface area contributed by atoms with Crippen LogP contribution in [0.4, 0.5) is 5.82 Å². The van der Waals surface area contributed by atoms with Gasteiger partial charge in [0.2, 0.25) is 0 Å². The van der Waals surface area contributed by atoms with E-state index in [1.165, 1.54) is 11.5 Å². The number of rotatable bonds is 3. The molecule has 0 aliphatic carbocycles. The van der Waals surface area contributed by atoms with Crippen molar-refractivity contribution >= 4 is 29.3 Å². The van der Waals surface area contributed by atoms with Crippen LogP contribution < -0.4 is 5.32 Å². The molecule has 0 aromatic carbocycles. The minimum atomic E-state index is 0.596. The van der Waals surface area contributed by atoms with Gasteiger partial charge in [0, 0.05) is 29.1 Å². The number of nitrogens with one attached hydrogen (secondary N) is 1. The molecule has 1 aliphatic heterocycles. The third kappa shape index (κ3) is 3.09. The number of nitrogens with zero attached hydrogens (tertiary/aromatic N) is 3. The number of hydrogen-bond donors (Lipinski definition) is 1. The highest BCUT2D eigenvalue weighted by molar-refractivity contribution is 8.06. The van der Waals surface area contributed by atoms with E-state index in [-0.39, 0.29) is 0 Å². The summed E-state index contributed by atoms with van der Waals surface area (Å²) in [6.45, 7) is 4.64. The van der Waals surface area contributed by atoms with E-state index in [1.807, 2.05) is 37.4 Å². The number of nitriles is 1.